The van der Waals surface area contributed by atoms with Crippen molar-refractivity contribution in [1.29, 1.82) is 0 Å². The molecule has 21 heavy (non-hydrogen) atoms. The minimum Gasteiger partial charge on any atom is -0.280 e. The van der Waals surface area contributed by atoms with E-state index < -0.39 is 10.0 Å². The topological polar surface area (TPSA) is 87.7 Å². The molecule has 0 fully saturated rings. The number of aryl methyl sites for hydroxylation is 1. The third-order valence-corrected chi connectivity index (χ3v) is 4.81. The molecule has 0 aliphatic heterocycles. The number of anilines is 1. The Kier molecular flexibility index (Phi) is 3.30. The number of benzene rings is 2. The molecular formula is C13H11ClN4O2S. The number of rotatable bonds is 3. The van der Waals surface area contributed by atoms with Gasteiger partial charge in [-0.05, 0) is 42.8 Å². The van der Waals surface area contributed by atoms with Crippen molar-refractivity contribution >= 4 is 38.3 Å². The minimum atomic E-state index is -3.70. The Balaban J connectivity index is 1.96. The fourth-order valence-electron chi connectivity index (χ4n) is 1.86. The number of aromatic amines is 1. The quantitative estimate of drug-likeness (QED) is 0.776. The van der Waals surface area contributed by atoms with Crippen LogP contribution in [0.3, 0.4) is 0 Å². The highest BCUT2D eigenvalue weighted by Crippen LogP contribution is 2.23. The van der Waals surface area contributed by atoms with Gasteiger partial charge in [0.2, 0.25) is 0 Å². The summed E-state index contributed by atoms with van der Waals surface area (Å²) < 4.78 is 27.1. The van der Waals surface area contributed by atoms with Crippen molar-refractivity contribution in [3.63, 3.8) is 0 Å². The highest BCUT2D eigenvalue weighted by molar-refractivity contribution is 7.92. The fourth-order valence-corrected chi connectivity index (χ4v) is 3.18. The maximum atomic E-state index is 12.3. The molecule has 3 aromatic rings. The van der Waals surface area contributed by atoms with E-state index in [2.05, 4.69) is 20.1 Å². The van der Waals surface area contributed by atoms with E-state index >= 15 is 0 Å². The molecule has 0 saturated carbocycles. The van der Waals surface area contributed by atoms with Gasteiger partial charge in [-0.15, -0.1) is 0 Å². The Morgan fingerprint density at radius 3 is 2.62 bits per heavy atom. The summed E-state index contributed by atoms with van der Waals surface area (Å²) in [5.74, 6) is 0. The number of aromatic nitrogens is 3. The van der Waals surface area contributed by atoms with Gasteiger partial charge in [0, 0.05) is 5.02 Å². The van der Waals surface area contributed by atoms with Gasteiger partial charge in [0.1, 0.15) is 11.0 Å². The zero-order valence-electron chi connectivity index (χ0n) is 11.0. The second-order valence-electron chi connectivity index (χ2n) is 4.54. The van der Waals surface area contributed by atoms with Crippen molar-refractivity contribution in [1.82, 2.24) is 15.4 Å². The average molecular weight is 323 g/mol. The van der Waals surface area contributed by atoms with Crippen LogP contribution in [0.5, 0.6) is 0 Å². The van der Waals surface area contributed by atoms with E-state index in [0.29, 0.717) is 21.7 Å². The first-order valence-corrected chi connectivity index (χ1v) is 7.91. The van der Waals surface area contributed by atoms with E-state index in [4.69, 9.17) is 11.6 Å². The summed E-state index contributed by atoms with van der Waals surface area (Å²) in [6, 6.07) is 9.51. The van der Waals surface area contributed by atoms with Gasteiger partial charge in [0.05, 0.1) is 10.6 Å². The van der Waals surface area contributed by atoms with Crippen molar-refractivity contribution in [3.8, 4) is 0 Å². The molecule has 2 N–H and O–H groups in total. The number of nitrogens with zero attached hydrogens (tertiary/aromatic N) is 2. The van der Waals surface area contributed by atoms with Crippen LogP contribution in [0.1, 0.15) is 5.56 Å². The van der Waals surface area contributed by atoms with Crippen LogP contribution in [0.2, 0.25) is 5.02 Å². The lowest BCUT2D eigenvalue weighted by molar-refractivity contribution is 0.601. The Morgan fingerprint density at radius 1 is 1.10 bits per heavy atom. The lowest BCUT2D eigenvalue weighted by Gasteiger charge is -2.09. The van der Waals surface area contributed by atoms with E-state index in [1.165, 1.54) is 12.1 Å². The van der Waals surface area contributed by atoms with Gasteiger partial charge in [-0.1, -0.05) is 17.7 Å². The SMILES string of the molecule is Cc1ccc(S(=O)(=O)Nc2ccc3n[nH]nc3c2)cc1Cl. The molecule has 0 saturated heterocycles. The first-order valence-electron chi connectivity index (χ1n) is 6.05. The maximum absolute atomic E-state index is 12.3. The van der Waals surface area contributed by atoms with E-state index in [-0.39, 0.29) is 4.90 Å². The van der Waals surface area contributed by atoms with Crippen molar-refractivity contribution in [2.45, 2.75) is 11.8 Å². The number of fused-ring (bicyclic) bond motifs is 1. The van der Waals surface area contributed by atoms with Gasteiger partial charge < -0.3 is 0 Å². The zero-order valence-corrected chi connectivity index (χ0v) is 12.5. The van der Waals surface area contributed by atoms with Crippen LogP contribution in [0.15, 0.2) is 41.3 Å². The molecule has 0 spiro atoms. The molecule has 0 bridgehead atoms. The molecule has 2 aromatic carbocycles. The van der Waals surface area contributed by atoms with Crippen LogP contribution in [0, 0.1) is 6.92 Å². The lowest BCUT2D eigenvalue weighted by atomic mass is 10.2. The van der Waals surface area contributed by atoms with Crippen LogP contribution in [0.4, 0.5) is 5.69 Å². The summed E-state index contributed by atoms with van der Waals surface area (Å²) in [5.41, 5.74) is 2.47. The first kappa shape index (κ1) is 13.8. The number of nitrogens with one attached hydrogen (secondary N) is 2. The van der Waals surface area contributed by atoms with E-state index in [1.807, 2.05) is 6.92 Å². The standard InChI is InChI=1S/C13H11ClN4O2S/c1-8-2-4-10(7-11(8)14)21(19,20)17-9-3-5-12-13(6-9)16-18-15-12/h2-7,17H,1H3,(H,15,16,18). The Bertz CT molecular complexity index is 921. The summed E-state index contributed by atoms with van der Waals surface area (Å²) in [6.07, 6.45) is 0. The molecule has 0 unspecified atom stereocenters. The summed E-state index contributed by atoms with van der Waals surface area (Å²) in [7, 11) is -3.70. The molecule has 0 atom stereocenters. The van der Waals surface area contributed by atoms with Gasteiger partial charge in [-0.2, -0.15) is 15.4 Å². The van der Waals surface area contributed by atoms with E-state index in [1.54, 1.807) is 24.3 Å². The van der Waals surface area contributed by atoms with Crippen molar-refractivity contribution < 1.29 is 8.42 Å². The lowest BCUT2D eigenvalue weighted by Crippen LogP contribution is -2.13. The monoisotopic (exact) mass is 322 g/mol. The molecule has 0 aliphatic carbocycles. The molecule has 0 amide bonds. The number of H-pyrrole nitrogens is 1. The molecule has 8 heteroatoms. The fraction of sp³-hybridized carbons (Fsp3) is 0.0769. The molecule has 1 aromatic heterocycles. The van der Waals surface area contributed by atoms with Gasteiger partial charge in [-0.25, -0.2) is 8.42 Å². The molecule has 108 valence electrons. The third-order valence-electron chi connectivity index (χ3n) is 3.02. The Labute approximate surface area is 126 Å². The van der Waals surface area contributed by atoms with Gasteiger partial charge >= 0.3 is 0 Å². The molecule has 0 aliphatic rings. The van der Waals surface area contributed by atoms with E-state index in [0.717, 1.165) is 5.56 Å². The average Bonchev–Trinajstić information content (AvgIpc) is 2.88. The maximum Gasteiger partial charge on any atom is 0.261 e. The van der Waals surface area contributed by atoms with Crippen LogP contribution in [0.25, 0.3) is 11.0 Å². The minimum absolute atomic E-state index is 0.110. The molecule has 3 rings (SSSR count). The van der Waals surface area contributed by atoms with Gasteiger partial charge in [0.15, 0.2) is 0 Å². The molecule has 0 radical (unpaired) electrons. The normalized spacial score (nSPS) is 11.7. The highest BCUT2D eigenvalue weighted by Gasteiger charge is 2.15. The second kappa shape index (κ2) is 5.01. The van der Waals surface area contributed by atoms with Crippen molar-refractivity contribution in [3.05, 3.63) is 47.0 Å². The molecular weight excluding hydrogens is 312 g/mol. The van der Waals surface area contributed by atoms with Crippen LogP contribution >= 0.6 is 11.6 Å². The number of hydrogen-bond donors (Lipinski definition) is 2. The smallest absolute Gasteiger partial charge is 0.261 e. The first-order chi connectivity index (χ1) is 9.95. The van der Waals surface area contributed by atoms with Gasteiger partial charge in [-0.3, -0.25) is 4.72 Å². The van der Waals surface area contributed by atoms with E-state index in [9.17, 15) is 8.42 Å². The molecule has 6 nitrogen and oxygen atoms in total. The predicted octanol–water partition coefficient (Wildman–Crippen LogP) is 2.72. The Hall–Kier alpha value is -2.12. The third kappa shape index (κ3) is 2.70. The van der Waals surface area contributed by atoms with Crippen molar-refractivity contribution in [2.75, 3.05) is 4.72 Å². The number of halogens is 1. The van der Waals surface area contributed by atoms with Crippen LogP contribution in [-0.4, -0.2) is 23.8 Å². The summed E-state index contributed by atoms with van der Waals surface area (Å²) >= 11 is 5.97. The summed E-state index contributed by atoms with van der Waals surface area (Å²) in [4.78, 5) is 0.110. The van der Waals surface area contributed by atoms with Crippen LogP contribution in [-0.2, 0) is 10.0 Å². The van der Waals surface area contributed by atoms with Crippen molar-refractivity contribution in [2.24, 2.45) is 0 Å². The molecule has 1 heterocycles. The number of hydrogen-bond acceptors (Lipinski definition) is 4. The summed E-state index contributed by atoms with van der Waals surface area (Å²) in [6.45, 7) is 1.81. The number of sulfonamides is 1. The highest BCUT2D eigenvalue weighted by atomic mass is 35.5. The van der Waals surface area contributed by atoms with Gasteiger partial charge in [0.25, 0.3) is 10.0 Å². The second-order valence-corrected chi connectivity index (χ2v) is 6.63. The Morgan fingerprint density at radius 2 is 1.86 bits per heavy atom. The zero-order chi connectivity index (χ0) is 15.0. The predicted molar refractivity (Wildman–Crippen MR) is 80.9 cm³/mol. The van der Waals surface area contributed by atoms with Crippen LogP contribution < -0.4 is 4.72 Å². The summed E-state index contributed by atoms with van der Waals surface area (Å²) in [5, 5.41) is 10.7. The largest absolute Gasteiger partial charge is 0.280 e.